The predicted octanol–water partition coefficient (Wildman–Crippen LogP) is 3.69. The molecule has 0 bridgehead atoms. The highest BCUT2D eigenvalue weighted by Crippen LogP contribution is 2.26. The molecule has 1 heterocycles. The molecular formula is C15H10ClFN2O. The Balaban J connectivity index is 2.22. The van der Waals surface area contributed by atoms with E-state index in [4.69, 9.17) is 11.6 Å². The number of aromatic amines is 1. The molecule has 0 atom stereocenters. The number of H-pyrrole nitrogens is 1. The van der Waals surface area contributed by atoms with Gasteiger partial charge in [0.25, 0.3) is 5.56 Å². The van der Waals surface area contributed by atoms with E-state index in [0.717, 1.165) is 11.1 Å². The fourth-order valence-corrected chi connectivity index (χ4v) is 2.29. The molecule has 20 heavy (non-hydrogen) atoms. The van der Waals surface area contributed by atoms with Crippen molar-refractivity contribution in [3.8, 4) is 11.1 Å². The van der Waals surface area contributed by atoms with E-state index in [1.807, 2.05) is 6.07 Å². The fourth-order valence-electron chi connectivity index (χ4n) is 2.11. The van der Waals surface area contributed by atoms with Gasteiger partial charge in [0.15, 0.2) is 0 Å². The van der Waals surface area contributed by atoms with Gasteiger partial charge < -0.3 is 4.98 Å². The Bertz CT molecular complexity index is 873. The maximum Gasteiger partial charge on any atom is 0.258 e. The molecule has 0 spiro atoms. The van der Waals surface area contributed by atoms with Gasteiger partial charge in [-0.05, 0) is 42.3 Å². The smallest absolute Gasteiger partial charge is 0.258 e. The zero-order chi connectivity index (χ0) is 14.3. The van der Waals surface area contributed by atoms with E-state index in [1.165, 1.54) is 12.1 Å². The Hall–Kier alpha value is -2.20. The van der Waals surface area contributed by atoms with Crippen LogP contribution in [0, 0.1) is 12.7 Å². The highest BCUT2D eigenvalue weighted by Gasteiger charge is 2.07. The summed E-state index contributed by atoms with van der Waals surface area (Å²) in [5.41, 5.74) is 1.97. The quantitative estimate of drug-likeness (QED) is 0.742. The van der Waals surface area contributed by atoms with Gasteiger partial charge >= 0.3 is 0 Å². The molecule has 3 rings (SSSR count). The van der Waals surface area contributed by atoms with Crippen LogP contribution in [-0.2, 0) is 0 Å². The molecule has 0 aliphatic heterocycles. The number of nitrogens with zero attached hydrogens (tertiary/aromatic N) is 1. The predicted molar refractivity (Wildman–Crippen MR) is 77.5 cm³/mol. The maximum atomic E-state index is 13.2. The van der Waals surface area contributed by atoms with Gasteiger partial charge in [0.2, 0.25) is 0 Å². The molecule has 1 N–H and O–H groups in total. The molecule has 3 aromatic rings. The van der Waals surface area contributed by atoms with Crippen molar-refractivity contribution in [3.63, 3.8) is 0 Å². The average Bonchev–Trinajstić information content (AvgIpc) is 2.41. The molecule has 0 aliphatic carbocycles. The first-order chi connectivity index (χ1) is 9.54. The Morgan fingerprint density at radius 1 is 1.15 bits per heavy atom. The highest BCUT2D eigenvalue weighted by atomic mass is 35.5. The Morgan fingerprint density at radius 3 is 2.60 bits per heavy atom. The van der Waals surface area contributed by atoms with Crippen molar-refractivity contribution in [1.29, 1.82) is 0 Å². The lowest BCUT2D eigenvalue weighted by Gasteiger charge is -2.05. The van der Waals surface area contributed by atoms with Crippen LogP contribution in [0.3, 0.4) is 0 Å². The highest BCUT2D eigenvalue weighted by molar-refractivity contribution is 6.31. The van der Waals surface area contributed by atoms with E-state index in [2.05, 4.69) is 9.97 Å². The van der Waals surface area contributed by atoms with Crippen molar-refractivity contribution in [2.24, 2.45) is 0 Å². The lowest BCUT2D eigenvalue weighted by Crippen LogP contribution is -2.09. The van der Waals surface area contributed by atoms with Crippen LogP contribution in [0.5, 0.6) is 0 Å². The van der Waals surface area contributed by atoms with Gasteiger partial charge in [-0.15, -0.1) is 0 Å². The van der Waals surface area contributed by atoms with E-state index < -0.39 is 5.82 Å². The van der Waals surface area contributed by atoms with Gasteiger partial charge in [-0.1, -0.05) is 23.7 Å². The molecule has 5 heteroatoms. The Morgan fingerprint density at radius 2 is 1.85 bits per heavy atom. The number of aryl methyl sites for hydroxylation is 1. The van der Waals surface area contributed by atoms with Crippen LogP contribution in [0.15, 0.2) is 41.2 Å². The molecule has 1 aromatic heterocycles. The van der Waals surface area contributed by atoms with Gasteiger partial charge in [0.1, 0.15) is 11.6 Å². The lowest BCUT2D eigenvalue weighted by molar-refractivity contribution is 0.628. The van der Waals surface area contributed by atoms with E-state index in [-0.39, 0.29) is 10.6 Å². The second-order valence-corrected chi connectivity index (χ2v) is 4.92. The number of hydrogen-bond acceptors (Lipinski definition) is 2. The first-order valence-corrected chi connectivity index (χ1v) is 6.38. The SMILES string of the molecule is Cc1nc2ccc(-c3ccc(F)c(Cl)c3)cc2c(=O)[nH]1. The van der Waals surface area contributed by atoms with Crippen molar-refractivity contribution >= 4 is 22.5 Å². The lowest BCUT2D eigenvalue weighted by atomic mass is 10.0. The van der Waals surface area contributed by atoms with Crippen molar-refractivity contribution in [2.75, 3.05) is 0 Å². The Labute approximate surface area is 119 Å². The number of benzene rings is 2. The second kappa shape index (κ2) is 4.72. The number of nitrogens with one attached hydrogen (secondary N) is 1. The van der Waals surface area contributed by atoms with Crippen molar-refractivity contribution in [1.82, 2.24) is 9.97 Å². The molecule has 0 saturated carbocycles. The number of aromatic nitrogens is 2. The summed E-state index contributed by atoms with van der Waals surface area (Å²) in [7, 11) is 0. The number of rotatable bonds is 1. The molecule has 3 nitrogen and oxygen atoms in total. The molecule has 0 aliphatic rings. The fraction of sp³-hybridized carbons (Fsp3) is 0.0667. The van der Waals surface area contributed by atoms with Gasteiger partial charge in [-0.3, -0.25) is 4.79 Å². The van der Waals surface area contributed by atoms with Crippen LogP contribution in [-0.4, -0.2) is 9.97 Å². The van der Waals surface area contributed by atoms with Gasteiger partial charge in [-0.25, -0.2) is 9.37 Å². The summed E-state index contributed by atoms with van der Waals surface area (Å²) in [6.07, 6.45) is 0. The van der Waals surface area contributed by atoms with Crippen LogP contribution in [0.2, 0.25) is 5.02 Å². The zero-order valence-electron chi connectivity index (χ0n) is 10.6. The molecule has 0 fully saturated rings. The van der Waals surface area contributed by atoms with Crippen LogP contribution < -0.4 is 5.56 Å². The van der Waals surface area contributed by atoms with Crippen LogP contribution in [0.25, 0.3) is 22.0 Å². The van der Waals surface area contributed by atoms with Gasteiger partial charge in [0.05, 0.1) is 15.9 Å². The first kappa shape index (κ1) is 12.8. The van der Waals surface area contributed by atoms with E-state index in [9.17, 15) is 9.18 Å². The summed E-state index contributed by atoms with van der Waals surface area (Å²) in [5, 5.41) is 0.548. The van der Waals surface area contributed by atoms with E-state index in [1.54, 1.807) is 25.1 Å². The average molecular weight is 289 g/mol. The monoisotopic (exact) mass is 288 g/mol. The minimum absolute atomic E-state index is 0.0542. The van der Waals surface area contributed by atoms with E-state index in [0.29, 0.717) is 16.7 Å². The van der Waals surface area contributed by atoms with Gasteiger partial charge in [0, 0.05) is 0 Å². The normalized spacial score (nSPS) is 10.9. The van der Waals surface area contributed by atoms with Crippen LogP contribution in [0.1, 0.15) is 5.82 Å². The van der Waals surface area contributed by atoms with E-state index >= 15 is 0 Å². The van der Waals surface area contributed by atoms with Gasteiger partial charge in [-0.2, -0.15) is 0 Å². The molecule has 0 saturated heterocycles. The van der Waals surface area contributed by atoms with Crippen molar-refractivity contribution in [3.05, 3.63) is 63.4 Å². The zero-order valence-corrected chi connectivity index (χ0v) is 11.3. The molecular weight excluding hydrogens is 279 g/mol. The third kappa shape index (κ3) is 2.18. The second-order valence-electron chi connectivity index (χ2n) is 4.51. The molecule has 0 unspecified atom stereocenters. The Kier molecular flexibility index (Phi) is 3.03. The summed E-state index contributed by atoms with van der Waals surface area (Å²) in [6.45, 7) is 1.73. The van der Waals surface area contributed by atoms with Crippen LogP contribution >= 0.6 is 11.6 Å². The first-order valence-electron chi connectivity index (χ1n) is 6.01. The minimum atomic E-state index is -0.466. The summed E-state index contributed by atoms with van der Waals surface area (Å²) in [4.78, 5) is 18.8. The third-order valence-corrected chi connectivity index (χ3v) is 3.37. The molecule has 0 radical (unpaired) electrons. The summed E-state index contributed by atoms with van der Waals surface area (Å²) < 4.78 is 13.2. The summed E-state index contributed by atoms with van der Waals surface area (Å²) >= 11 is 5.78. The summed E-state index contributed by atoms with van der Waals surface area (Å²) in [6, 6.07) is 9.79. The topological polar surface area (TPSA) is 45.8 Å². The number of fused-ring (bicyclic) bond motifs is 1. The van der Waals surface area contributed by atoms with Crippen LogP contribution in [0.4, 0.5) is 4.39 Å². The third-order valence-electron chi connectivity index (χ3n) is 3.08. The molecule has 2 aromatic carbocycles. The number of hydrogen-bond donors (Lipinski definition) is 1. The standard InChI is InChI=1S/C15H10ClFN2O/c1-8-18-14-5-3-9(6-11(14)15(20)19-8)10-2-4-13(17)12(16)7-10/h2-7H,1H3,(H,18,19,20). The van der Waals surface area contributed by atoms with Crippen molar-refractivity contribution in [2.45, 2.75) is 6.92 Å². The molecule has 0 amide bonds. The number of halogens is 2. The van der Waals surface area contributed by atoms with Crippen molar-refractivity contribution < 1.29 is 4.39 Å². The maximum absolute atomic E-state index is 13.2. The largest absolute Gasteiger partial charge is 0.310 e. The molecule has 100 valence electrons. The summed E-state index contributed by atoms with van der Waals surface area (Å²) in [5.74, 6) is 0.103. The minimum Gasteiger partial charge on any atom is -0.310 e.